The summed E-state index contributed by atoms with van der Waals surface area (Å²) < 4.78 is 17.4. The van der Waals surface area contributed by atoms with Crippen molar-refractivity contribution in [2.45, 2.75) is 13.0 Å². The number of hydrogen-bond acceptors (Lipinski definition) is 4. The summed E-state index contributed by atoms with van der Waals surface area (Å²) in [7, 11) is 0. The number of furan rings is 1. The monoisotopic (exact) mass is 379 g/mol. The molecule has 0 aliphatic carbocycles. The van der Waals surface area contributed by atoms with Crippen molar-refractivity contribution in [3.8, 4) is 5.75 Å². The van der Waals surface area contributed by atoms with Crippen molar-refractivity contribution in [1.82, 2.24) is 5.32 Å². The minimum Gasteiger partial charge on any atom is -0.486 e. The van der Waals surface area contributed by atoms with Gasteiger partial charge in [-0.2, -0.15) is 0 Å². The number of carbonyl (C=O) groups is 1. The lowest BCUT2D eigenvalue weighted by Crippen LogP contribution is -2.29. The Labute approximate surface area is 143 Å². The maximum atomic E-state index is 12.0. The van der Waals surface area contributed by atoms with E-state index < -0.39 is 0 Å². The number of rotatable bonds is 6. The molecule has 0 bridgehead atoms. The molecule has 23 heavy (non-hydrogen) atoms. The van der Waals surface area contributed by atoms with Crippen molar-refractivity contribution in [3.05, 3.63) is 52.4 Å². The summed E-state index contributed by atoms with van der Waals surface area (Å²) in [6.07, 6.45) is 0.991. The first-order valence-electron chi connectivity index (χ1n) is 7.54. The first-order chi connectivity index (χ1) is 11.2. The fourth-order valence-corrected chi connectivity index (χ4v) is 2.60. The molecule has 1 aromatic carbocycles. The minimum absolute atomic E-state index is 0.202. The van der Waals surface area contributed by atoms with Gasteiger partial charge in [0.1, 0.15) is 18.1 Å². The third-order valence-electron chi connectivity index (χ3n) is 3.66. The molecule has 1 amide bonds. The molecule has 2 heterocycles. The Morgan fingerprint density at radius 2 is 2.09 bits per heavy atom. The number of halogens is 1. The Kier molecular flexibility index (Phi) is 5.35. The summed E-state index contributed by atoms with van der Waals surface area (Å²) in [4.78, 5) is 12.0. The van der Waals surface area contributed by atoms with Crippen LogP contribution in [0.4, 0.5) is 0 Å². The summed E-state index contributed by atoms with van der Waals surface area (Å²) in [6.45, 7) is 2.39. The molecule has 122 valence electrons. The Morgan fingerprint density at radius 1 is 1.26 bits per heavy atom. The molecule has 1 fully saturated rings. The summed E-state index contributed by atoms with van der Waals surface area (Å²) in [6, 6.07) is 11.0. The fourth-order valence-electron chi connectivity index (χ4n) is 2.33. The van der Waals surface area contributed by atoms with Crippen molar-refractivity contribution in [3.63, 3.8) is 0 Å². The number of ether oxygens (including phenoxy) is 2. The van der Waals surface area contributed by atoms with Crippen LogP contribution in [0.15, 0.2) is 45.3 Å². The summed E-state index contributed by atoms with van der Waals surface area (Å²) in [5, 5.41) is 2.88. The molecular weight excluding hydrogens is 362 g/mol. The first kappa shape index (κ1) is 16.1. The number of carbonyl (C=O) groups excluding carboxylic acids is 1. The van der Waals surface area contributed by atoms with Gasteiger partial charge in [-0.3, -0.25) is 4.79 Å². The van der Waals surface area contributed by atoms with Crippen LogP contribution in [0.3, 0.4) is 0 Å². The van der Waals surface area contributed by atoms with Gasteiger partial charge < -0.3 is 19.2 Å². The van der Waals surface area contributed by atoms with Crippen molar-refractivity contribution in [2.24, 2.45) is 5.92 Å². The normalized spacial score (nSPS) is 17.2. The summed E-state index contributed by atoms with van der Waals surface area (Å²) >= 11 is 3.37. The zero-order valence-electron chi connectivity index (χ0n) is 12.6. The average Bonchev–Trinajstić information content (AvgIpc) is 3.24. The third kappa shape index (κ3) is 4.59. The zero-order valence-corrected chi connectivity index (χ0v) is 14.2. The van der Waals surface area contributed by atoms with Crippen LogP contribution in [0.2, 0.25) is 0 Å². The number of benzene rings is 1. The van der Waals surface area contributed by atoms with E-state index in [0.29, 0.717) is 30.6 Å². The van der Waals surface area contributed by atoms with E-state index in [1.54, 1.807) is 12.1 Å². The molecule has 1 aliphatic rings. The largest absolute Gasteiger partial charge is 0.486 e. The molecule has 0 spiro atoms. The molecule has 0 radical (unpaired) electrons. The lowest BCUT2D eigenvalue weighted by atomic mass is 10.1. The van der Waals surface area contributed by atoms with Crippen LogP contribution >= 0.6 is 15.9 Å². The van der Waals surface area contributed by atoms with Crippen molar-refractivity contribution < 1.29 is 18.7 Å². The molecule has 1 aliphatic heterocycles. The average molecular weight is 380 g/mol. The lowest BCUT2D eigenvalue weighted by molar-refractivity contribution is 0.0913. The molecule has 3 rings (SSSR count). The number of nitrogens with one attached hydrogen (secondary N) is 1. The van der Waals surface area contributed by atoms with Gasteiger partial charge in [-0.05, 0) is 42.8 Å². The second-order valence-corrected chi connectivity index (χ2v) is 6.36. The van der Waals surface area contributed by atoms with E-state index in [2.05, 4.69) is 21.2 Å². The van der Waals surface area contributed by atoms with Crippen LogP contribution in [0.1, 0.15) is 22.7 Å². The van der Waals surface area contributed by atoms with Gasteiger partial charge in [0.15, 0.2) is 5.76 Å². The van der Waals surface area contributed by atoms with Crippen LogP contribution in [0, 0.1) is 5.92 Å². The van der Waals surface area contributed by atoms with Crippen molar-refractivity contribution in [2.75, 3.05) is 19.8 Å². The maximum absolute atomic E-state index is 12.0. The summed E-state index contributed by atoms with van der Waals surface area (Å²) in [5.41, 5.74) is 0. The van der Waals surface area contributed by atoms with E-state index in [1.165, 1.54) is 0 Å². The standard InChI is InChI=1S/C17H18BrNO4/c18-13-1-3-14(4-2-13)22-11-15-5-6-16(23-15)17(20)19-9-12-7-8-21-10-12/h1-6,12H,7-11H2,(H,19,20). The zero-order chi connectivity index (χ0) is 16.1. The van der Waals surface area contributed by atoms with Gasteiger partial charge in [0.25, 0.3) is 5.91 Å². The third-order valence-corrected chi connectivity index (χ3v) is 4.18. The molecule has 1 unspecified atom stereocenters. The molecule has 5 nitrogen and oxygen atoms in total. The molecule has 2 aromatic rings. The van der Waals surface area contributed by atoms with Gasteiger partial charge in [0.2, 0.25) is 0 Å². The van der Waals surface area contributed by atoms with Crippen LogP contribution in [-0.2, 0) is 11.3 Å². The van der Waals surface area contributed by atoms with Gasteiger partial charge in [-0.1, -0.05) is 15.9 Å². The van der Waals surface area contributed by atoms with Crippen LogP contribution in [0.5, 0.6) is 5.75 Å². The quantitative estimate of drug-likeness (QED) is 0.835. The number of hydrogen-bond donors (Lipinski definition) is 1. The SMILES string of the molecule is O=C(NCC1CCOC1)c1ccc(COc2ccc(Br)cc2)o1. The molecule has 1 aromatic heterocycles. The van der Waals surface area contributed by atoms with Crippen LogP contribution < -0.4 is 10.1 Å². The Hall–Kier alpha value is -1.79. The Bertz CT molecular complexity index is 647. The Morgan fingerprint density at radius 3 is 2.83 bits per heavy atom. The van der Waals surface area contributed by atoms with E-state index in [9.17, 15) is 4.79 Å². The highest BCUT2D eigenvalue weighted by molar-refractivity contribution is 9.10. The molecule has 0 saturated carbocycles. The predicted octanol–water partition coefficient (Wildman–Crippen LogP) is 3.39. The number of amides is 1. The fraction of sp³-hybridized carbons (Fsp3) is 0.353. The van der Waals surface area contributed by atoms with Gasteiger partial charge in [-0.25, -0.2) is 0 Å². The second-order valence-electron chi connectivity index (χ2n) is 5.45. The highest BCUT2D eigenvalue weighted by Crippen LogP contribution is 2.18. The van der Waals surface area contributed by atoms with Crippen molar-refractivity contribution in [1.29, 1.82) is 0 Å². The topological polar surface area (TPSA) is 60.7 Å². The molecule has 1 saturated heterocycles. The van der Waals surface area contributed by atoms with Crippen LogP contribution in [0.25, 0.3) is 0 Å². The molecule has 1 atom stereocenters. The second kappa shape index (κ2) is 7.66. The van der Waals surface area contributed by atoms with Crippen LogP contribution in [-0.4, -0.2) is 25.7 Å². The molecule has 1 N–H and O–H groups in total. The van der Waals surface area contributed by atoms with Gasteiger partial charge >= 0.3 is 0 Å². The lowest BCUT2D eigenvalue weighted by Gasteiger charge is -2.08. The van der Waals surface area contributed by atoms with Crippen molar-refractivity contribution >= 4 is 21.8 Å². The minimum atomic E-state index is -0.202. The van der Waals surface area contributed by atoms with E-state index in [-0.39, 0.29) is 12.5 Å². The van der Waals surface area contributed by atoms with E-state index in [4.69, 9.17) is 13.9 Å². The maximum Gasteiger partial charge on any atom is 0.287 e. The highest BCUT2D eigenvalue weighted by Gasteiger charge is 2.18. The van der Waals surface area contributed by atoms with E-state index >= 15 is 0 Å². The first-order valence-corrected chi connectivity index (χ1v) is 8.33. The predicted molar refractivity (Wildman–Crippen MR) is 88.4 cm³/mol. The van der Waals surface area contributed by atoms with E-state index in [0.717, 1.165) is 23.2 Å². The molecule has 6 heteroatoms. The van der Waals surface area contributed by atoms with Gasteiger partial charge in [-0.15, -0.1) is 0 Å². The summed E-state index contributed by atoms with van der Waals surface area (Å²) in [5.74, 6) is 1.86. The smallest absolute Gasteiger partial charge is 0.287 e. The van der Waals surface area contributed by atoms with Gasteiger partial charge in [0.05, 0.1) is 6.61 Å². The Balaban J connectivity index is 1.48. The highest BCUT2D eigenvalue weighted by atomic mass is 79.9. The van der Waals surface area contributed by atoms with E-state index in [1.807, 2.05) is 24.3 Å². The van der Waals surface area contributed by atoms with Gasteiger partial charge in [0, 0.05) is 23.5 Å². The molecular formula is C17H18BrNO4.